The van der Waals surface area contributed by atoms with E-state index in [-0.39, 0.29) is 19.1 Å². The Bertz CT molecular complexity index is 672. The number of carbonyl (C=O) groups excluding carboxylic acids is 1. The molecule has 0 radical (unpaired) electrons. The highest BCUT2D eigenvalue weighted by molar-refractivity contribution is 5.96. The number of amides is 1. The molecule has 0 fully saturated rings. The number of carbonyl (C=O) groups is 1. The third-order valence-corrected chi connectivity index (χ3v) is 6.31. The first kappa shape index (κ1) is 30.1. The third-order valence-electron chi connectivity index (χ3n) is 6.31. The molecule has 1 atom stereocenters. The molecule has 0 saturated heterocycles. The SMILES string of the molecule is CCCCCCCCCCCCCCCCCCOC[C@H](CO)NC(=O)c1ccccc1C#N. The molecule has 1 amide bonds. The van der Waals surface area contributed by atoms with Crippen LogP contribution in [-0.2, 0) is 4.74 Å². The summed E-state index contributed by atoms with van der Waals surface area (Å²) < 4.78 is 5.66. The van der Waals surface area contributed by atoms with Gasteiger partial charge in [-0.05, 0) is 18.6 Å². The Labute approximate surface area is 208 Å². The first-order chi connectivity index (χ1) is 16.7. The van der Waals surface area contributed by atoms with E-state index in [2.05, 4.69) is 12.2 Å². The van der Waals surface area contributed by atoms with Crippen LogP contribution in [0.1, 0.15) is 126 Å². The Morgan fingerprint density at radius 2 is 1.38 bits per heavy atom. The highest BCUT2D eigenvalue weighted by atomic mass is 16.5. The standard InChI is InChI=1S/C29H48N2O3/c1-2-3-4-5-6-7-8-9-10-11-12-13-14-15-16-19-22-34-25-27(24-32)31-29(33)28-21-18-17-20-26(28)23-30/h17-18,20-21,27,32H,2-16,19,22,24-25H2,1H3,(H,31,33)/t27-/m0/s1. The molecule has 0 heterocycles. The van der Waals surface area contributed by atoms with Gasteiger partial charge in [0, 0.05) is 6.61 Å². The number of nitriles is 1. The molecular weight excluding hydrogens is 424 g/mol. The van der Waals surface area contributed by atoms with Crippen molar-refractivity contribution in [2.45, 2.75) is 116 Å². The van der Waals surface area contributed by atoms with Crippen LogP contribution in [0.2, 0.25) is 0 Å². The number of ether oxygens (including phenoxy) is 1. The number of nitrogens with one attached hydrogen (secondary N) is 1. The molecule has 0 saturated carbocycles. The number of hydrogen-bond donors (Lipinski definition) is 2. The van der Waals surface area contributed by atoms with Gasteiger partial charge >= 0.3 is 0 Å². The molecule has 0 aliphatic carbocycles. The monoisotopic (exact) mass is 472 g/mol. The number of aliphatic hydroxyl groups is 1. The summed E-state index contributed by atoms with van der Waals surface area (Å²) >= 11 is 0. The highest BCUT2D eigenvalue weighted by Gasteiger charge is 2.15. The minimum atomic E-state index is -0.472. The van der Waals surface area contributed by atoms with Crippen LogP contribution in [-0.4, -0.2) is 36.9 Å². The molecule has 0 bridgehead atoms. The van der Waals surface area contributed by atoms with Crippen molar-refractivity contribution in [1.82, 2.24) is 5.32 Å². The minimum Gasteiger partial charge on any atom is -0.394 e. The summed E-state index contributed by atoms with van der Waals surface area (Å²) in [6, 6.07) is 8.21. The van der Waals surface area contributed by atoms with E-state index < -0.39 is 6.04 Å². The van der Waals surface area contributed by atoms with Gasteiger partial charge in [-0.15, -0.1) is 0 Å². The fourth-order valence-electron chi connectivity index (χ4n) is 4.16. The van der Waals surface area contributed by atoms with E-state index in [1.165, 1.54) is 89.9 Å². The average Bonchev–Trinajstić information content (AvgIpc) is 2.87. The van der Waals surface area contributed by atoms with Gasteiger partial charge in [0.1, 0.15) is 0 Å². The smallest absolute Gasteiger partial charge is 0.253 e. The quantitative estimate of drug-likeness (QED) is 0.179. The summed E-state index contributed by atoms with van der Waals surface area (Å²) in [7, 11) is 0. The Morgan fingerprint density at radius 3 is 1.88 bits per heavy atom. The molecule has 5 heteroatoms. The van der Waals surface area contributed by atoms with Gasteiger partial charge in [-0.3, -0.25) is 4.79 Å². The zero-order valence-corrected chi connectivity index (χ0v) is 21.5. The Balaban J connectivity index is 1.93. The zero-order chi connectivity index (χ0) is 24.7. The molecule has 0 spiro atoms. The van der Waals surface area contributed by atoms with Gasteiger partial charge < -0.3 is 15.2 Å². The second-order valence-electron chi connectivity index (χ2n) is 9.39. The van der Waals surface area contributed by atoms with Gasteiger partial charge in [0.15, 0.2) is 0 Å². The highest BCUT2D eigenvalue weighted by Crippen LogP contribution is 2.14. The first-order valence-electron chi connectivity index (χ1n) is 13.7. The second-order valence-corrected chi connectivity index (χ2v) is 9.39. The lowest BCUT2D eigenvalue weighted by Crippen LogP contribution is -2.41. The molecule has 5 nitrogen and oxygen atoms in total. The largest absolute Gasteiger partial charge is 0.394 e. The van der Waals surface area contributed by atoms with Crippen molar-refractivity contribution in [2.24, 2.45) is 0 Å². The molecule has 0 unspecified atom stereocenters. The maximum Gasteiger partial charge on any atom is 0.253 e. The Kier molecular flexibility index (Phi) is 19.2. The molecule has 1 rings (SSSR count). The minimum absolute atomic E-state index is 0.195. The topological polar surface area (TPSA) is 82.3 Å². The van der Waals surface area contributed by atoms with Crippen LogP contribution in [0.4, 0.5) is 0 Å². The van der Waals surface area contributed by atoms with Crippen molar-refractivity contribution >= 4 is 5.91 Å². The van der Waals surface area contributed by atoms with Crippen molar-refractivity contribution in [1.29, 1.82) is 5.26 Å². The van der Waals surface area contributed by atoms with Crippen LogP contribution in [0.5, 0.6) is 0 Å². The summed E-state index contributed by atoms with van der Waals surface area (Å²) in [6.45, 7) is 2.99. The number of aliphatic hydroxyl groups excluding tert-OH is 1. The normalized spacial score (nSPS) is 11.8. The van der Waals surface area contributed by atoms with E-state index in [0.29, 0.717) is 17.7 Å². The van der Waals surface area contributed by atoms with Crippen LogP contribution in [0.3, 0.4) is 0 Å². The lowest BCUT2D eigenvalue weighted by molar-refractivity contribution is 0.0718. The molecule has 0 aromatic heterocycles. The predicted octanol–water partition coefficient (Wildman–Crippen LogP) is 6.93. The summed E-state index contributed by atoms with van der Waals surface area (Å²) in [5, 5.41) is 21.4. The molecule has 0 aliphatic heterocycles. The lowest BCUT2D eigenvalue weighted by Gasteiger charge is -2.17. The predicted molar refractivity (Wildman–Crippen MR) is 140 cm³/mol. The van der Waals surface area contributed by atoms with Gasteiger partial charge in [-0.1, -0.05) is 115 Å². The summed E-state index contributed by atoms with van der Waals surface area (Å²) in [6.07, 6.45) is 21.4. The van der Waals surface area contributed by atoms with Crippen LogP contribution >= 0.6 is 0 Å². The summed E-state index contributed by atoms with van der Waals surface area (Å²) in [4.78, 5) is 12.4. The van der Waals surface area contributed by atoms with Crippen LogP contribution in [0.25, 0.3) is 0 Å². The average molecular weight is 473 g/mol. The lowest BCUT2D eigenvalue weighted by atomic mass is 10.0. The van der Waals surface area contributed by atoms with Crippen molar-refractivity contribution in [3.8, 4) is 6.07 Å². The molecule has 2 N–H and O–H groups in total. The number of rotatable bonds is 22. The van der Waals surface area contributed by atoms with Crippen molar-refractivity contribution in [2.75, 3.05) is 19.8 Å². The van der Waals surface area contributed by atoms with Crippen molar-refractivity contribution in [3.05, 3.63) is 35.4 Å². The van der Waals surface area contributed by atoms with Crippen LogP contribution in [0.15, 0.2) is 24.3 Å². The molecular formula is C29H48N2O3. The molecule has 0 aliphatic rings. The van der Waals surface area contributed by atoms with Crippen molar-refractivity contribution < 1.29 is 14.6 Å². The molecule has 192 valence electrons. The maximum atomic E-state index is 12.4. The molecule has 1 aromatic rings. The van der Waals surface area contributed by atoms with E-state index in [0.717, 1.165) is 12.8 Å². The van der Waals surface area contributed by atoms with Gasteiger partial charge in [0.2, 0.25) is 0 Å². The maximum absolute atomic E-state index is 12.4. The van der Waals surface area contributed by atoms with Gasteiger partial charge in [0.05, 0.1) is 36.5 Å². The van der Waals surface area contributed by atoms with E-state index in [1.807, 2.05) is 6.07 Å². The number of benzene rings is 1. The van der Waals surface area contributed by atoms with E-state index in [4.69, 9.17) is 10.00 Å². The number of hydrogen-bond acceptors (Lipinski definition) is 4. The Morgan fingerprint density at radius 1 is 0.882 bits per heavy atom. The second kappa shape index (κ2) is 21.6. The van der Waals surface area contributed by atoms with Crippen molar-refractivity contribution in [3.63, 3.8) is 0 Å². The van der Waals surface area contributed by atoms with Gasteiger partial charge in [0.25, 0.3) is 5.91 Å². The fourth-order valence-corrected chi connectivity index (χ4v) is 4.16. The third kappa shape index (κ3) is 15.1. The Hall–Kier alpha value is -1.90. The summed E-state index contributed by atoms with van der Waals surface area (Å²) in [5.41, 5.74) is 0.645. The summed E-state index contributed by atoms with van der Waals surface area (Å²) in [5.74, 6) is -0.359. The number of nitrogens with zero attached hydrogens (tertiary/aromatic N) is 1. The van der Waals surface area contributed by atoms with Crippen LogP contribution < -0.4 is 5.32 Å². The van der Waals surface area contributed by atoms with E-state index >= 15 is 0 Å². The van der Waals surface area contributed by atoms with E-state index in [1.54, 1.807) is 24.3 Å². The van der Waals surface area contributed by atoms with Gasteiger partial charge in [-0.25, -0.2) is 0 Å². The molecule has 1 aromatic carbocycles. The molecule has 34 heavy (non-hydrogen) atoms. The van der Waals surface area contributed by atoms with Gasteiger partial charge in [-0.2, -0.15) is 5.26 Å². The first-order valence-corrected chi connectivity index (χ1v) is 13.7. The number of unbranched alkanes of at least 4 members (excludes halogenated alkanes) is 15. The fraction of sp³-hybridized carbons (Fsp3) is 0.724. The van der Waals surface area contributed by atoms with E-state index in [9.17, 15) is 9.90 Å². The van der Waals surface area contributed by atoms with Crippen LogP contribution in [0, 0.1) is 11.3 Å². The zero-order valence-electron chi connectivity index (χ0n) is 21.5.